The predicted octanol–water partition coefficient (Wildman–Crippen LogP) is 4.12. The van der Waals surface area contributed by atoms with Gasteiger partial charge in [0.25, 0.3) is 10.0 Å². The van der Waals surface area contributed by atoms with Crippen LogP contribution in [0.15, 0.2) is 56.5 Å². The third-order valence-corrected chi connectivity index (χ3v) is 6.64. The van der Waals surface area contributed by atoms with Crippen molar-refractivity contribution in [2.45, 2.75) is 11.3 Å². The molecule has 0 radical (unpaired) electrons. The molecule has 0 unspecified atom stereocenters. The van der Waals surface area contributed by atoms with Crippen LogP contribution in [-0.4, -0.2) is 44.1 Å². The number of halogens is 4. The Morgan fingerprint density at radius 3 is 2.40 bits per heavy atom. The molecule has 1 aromatic carbocycles. The van der Waals surface area contributed by atoms with Crippen LogP contribution in [0.3, 0.4) is 0 Å². The number of aromatic nitrogens is 1. The van der Waals surface area contributed by atoms with Crippen LogP contribution in [0.1, 0.15) is 5.76 Å². The van der Waals surface area contributed by atoms with E-state index in [1.807, 2.05) is 17.0 Å². The van der Waals surface area contributed by atoms with Crippen LogP contribution in [0.25, 0.3) is 11.5 Å². The summed E-state index contributed by atoms with van der Waals surface area (Å²) in [7, 11) is -3.95. The Morgan fingerprint density at radius 2 is 1.77 bits per heavy atom. The first kappa shape index (κ1) is 20.8. The maximum absolute atomic E-state index is 12.9. The van der Waals surface area contributed by atoms with Gasteiger partial charge in [-0.15, -0.1) is 0 Å². The molecular weight excluding hydrogens is 447 g/mol. The molecule has 7 nitrogen and oxygen atoms in total. The number of piperazine rings is 1. The van der Waals surface area contributed by atoms with Gasteiger partial charge in [-0.05, 0) is 30.3 Å². The lowest BCUT2D eigenvalue weighted by molar-refractivity contribution is -0.155. The maximum atomic E-state index is 12.9. The average Bonchev–Trinajstić information content (AvgIpc) is 3.37. The molecule has 4 rings (SSSR count). The fraction of sp³-hybridized carbons (Fsp3) is 0.278. The summed E-state index contributed by atoms with van der Waals surface area (Å²) in [6, 6.07) is 10.4. The highest BCUT2D eigenvalue weighted by molar-refractivity contribution is 7.89. The SMILES string of the molecule is O=S(=O)(c1ccc(-c2cc(C(F)(F)F)on2)o1)N1CCN(c2cccc(Cl)c2)CC1. The van der Waals surface area contributed by atoms with E-state index in [2.05, 4.69) is 9.68 Å². The van der Waals surface area contributed by atoms with E-state index in [-0.39, 0.29) is 29.6 Å². The Hall–Kier alpha value is -2.50. The van der Waals surface area contributed by atoms with Crippen molar-refractivity contribution in [3.8, 4) is 11.5 Å². The Morgan fingerprint density at radius 1 is 1.03 bits per heavy atom. The molecule has 1 aliphatic rings. The van der Waals surface area contributed by atoms with E-state index in [0.29, 0.717) is 24.2 Å². The molecular formula is C18H15ClF3N3O4S. The fourth-order valence-electron chi connectivity index (χ4n) is 3.11. The van der Waals surface area contributed by atoms with Crippen LogP contribution in [-0.2, 0) is 16.2 Å². The summed E-state index contributed by atoms with van der Waals surface area (Å²) in [5.41, 5.74) is 0.654. The van der Waals surface area contributed by atoms with Gasteiger partial charge >= 0.3 is 6.18 Å². The summed E-state index contributed by atoms with van der Waals surface area (Å²) < 4.78 is 74.5. The van der Waals surface area contributed by atoms with Gasteiger partial charge in [-0.3, -0.25) is 0 Å². The van der Waals surface area contributed by atoms with Crippen LogP contribution in [0.4, 0.5) is 18.9 Å². The molecule has 0 N–H and O–H groups in total. The number of sulfonamides is 1. The number of hydrogen-bond acceptors (Lipinski definition) is 6. The van der Waals surface area contributed by atoms with Crippen LogP contribution in [0, 0.1) is 0 Å². The zero-order valence-electron chi connectivity index (χ0n) is 15.3. The molecule has 0 aliphatic carbocycles. The van der Waals surface area contributed by atoms with Gasteiger partial charge < -0.3 is 13.8 Å². The number of hydrogen-bond donors (Lipinski definition) is 0. The average molecular weight is 462 g/mol. The van der Waals surface area contributed by atoms with Crippen molar-refractivity contribution >= 4 is 27.3 Å². The highest BCUT2D eigenvalue weighted by Gasteiger charge is 2.37. The molecule has 30 heavy (non-hydrogen) atoms. The van der Waals surface area contributed by atoms with Crippen molar-refractivity contribution in [2.75, 3.05) is 31.1 Å². The Balaban J connectivity index is 1.48. The maximum Gasteiger partial charge on any atom is 0.452 e. The second-order valence-electron chi connectivity index (χ2n) is 6.56. The molecule has 160 valence electrons. The molecule has 0 saturated carbocycles. The van der Waals surface area contributed by atoms with Gasteiger partial charge in [0.15, 0.2) is 5.76 Å². The molecule has 3 aromatic rings. The Bertz CT molecular complexity index is 1150. The highest BCUT2D eigenvalue weighted by Crippen LogP contribution is 2.33. The number of rotatable bonds is 4. The molecule has 0 amide bonds. The van der Waals surface area contributed by atoms with E-state index < -0.39 is 22.0 Å². The first-order valence-corrected chi connectivity index (χ1v) is 10.6. The third-order valence-electron chi connectivity index (χ3n) is 4.63. The molecule has 0 atom stereocenters. The van der Waals surface area contributed by atoms with Crippen molar-refractivity contribution < 1.29 is 30.5 Å². The molecule has 3 heterocycles. The smallest absolute Gasteiger partial charge is 0.441 e. The van der Waals surface area contributed by atoms with Crippen molar-refractivity contribution in [3.63, 3.8) is 0 Å². The number of benzene rings is 1. The minimum Gasteiger partial charge on any atom is -0.441 e. The first-order valence-electron chi connectivity index (χ1n) is 8.79. The van der Waals surface area contributed by atoms with Crippen LogP contribution >= 0.6 is 11.6 Å². The normalized spacial score (nSPS) is 16.2. The second kappa shape index (κ2) is 7.64. The summed E-state index contributed by atoms with van der Waals surface area (Å²) in [4.78, 5) is 2.01. The highest BCUT2D eigenvalue weighted by atomic mass is 35.5. The Labute approximate surface area is 174 Å². The van der Waals surface area contributed by atoms with Gasteiger partial charge in [-0.25, -0.2) is 8.42 Å². The standard InChI is InChI=1S/C18H15ClF3N3O4S/c19-12-2-1-3-13(10-12)24-6-8-25(9-7-24)30(26,27)17-5-4-15(28-17)14-11-16(29-23-14)18(20,21)22/h1-5,10-11H,6-9H2. The molecule has 1 fully saturated rings. The number of nitrogens with zero attached hydrogens (tertiary/aromatic N) is 3. The molecule has 12 heteroatoms. The first-order chi connectivity index (χ1) is 14.1. The van der Waals surface area contributed by atoms with E-state index in [1.165, 1.54) is 16.4 Å². The lowest BCUT2D eigenvalue weighted by Gasteiger charge is -2.34. The number of furan rings is 1. The monoisotopic (exact) mass is 461 g/mol. The van der Waals surface area contributed by atoms with Crippen molar-refractivity contribution in [2.24, 2.45) is 0 Å². The number of anilines is 1. The lowest BCUT2D eigenvalue weighted by atomic mass is 10.2. The van der Waals surface area contributed by atoms with Gasteiger partial charge in [-0.2, -0.15) is 17.5 Å². The summed E-state index contributed by atoms with van der Waals surface area (Å²) in [6.45, 7) is 1.33. The quantitative estimate of drug-likeness (QED) is 0.581. The topological polar surface area (TPSA) is 79.8 Å². The fourth-order valence-corrected chi connectivity index (χ4v) is 4.63. The largest absolute Gasteiger partial charge is 0.452 e. The molecule has 0 bridgehead atoms. The molecule has 1 aliphatic heterocycles. The van der Waals surface area contributed by atoms with Gasteiger partial charge in [0.2, 0.25) is 10.9 Å². The minimum absolute atomic E-state index is 0.134. The van der Waals surface area contributed by atoms with Gasteiger partial charge in [0.1, 0.15) is 5.69 Å². The van der Waals surface area contributed by atoms with Crippen molar-refractivity contribution in [1.29, 1.82) is 0 Å². The van der Waals surface area contributed by atoms with Crippen LogP contribution in [0.5, 0.6) is 0 Å². The van der Waals surface area contributed by atoms with E-state index >= 15 is 0 Å². The Kier molecular flexibility index (Phi) is 5.28. The van der Waals surface area contributed by atoms with Crippen LogP contribution in [0.2, 0.25) is 5.02 Å². The summed E-state index contributed by atoms with van der Waals surface area (Å²) in [5.74, 6) is -1.43. The summed E-state index contributed by atoms with van der Waals surface area (Å²) in [5, 5.41) is 3.52. The second-order valence-corrected chi connectivity index (χ2v) is 8.87. The van der Waals surface area contributed by atoms with Gasteiger partial charge in [0, 0.05) is 43.0 Å². The van der Waals surface area contributed by atoms with Gasteiger partial charge in [0.05, 0.1) is 0 Å². The zero-order chi connectivity index (χ0) is 21.5. The molecule has 1 saturated heterocycles. The minimum atomic E-state index is -4.70. The molecule has 2 aromatic heterocycles. The van der Waals surface area contributed by atoms with Crippen LogP contribution < -0.4 is 4.90 Å². The third kappa shape index (κ3) is 4.05. The van der Waals surface area contributed by atoms with Crippen molar-refractivity contribution in [1.82, 2.24) is 9.46 Å². The summed E-state index contributed by atoms with van der Waals surface area (Å²) >= 11 is 6.01. The lowest BCUT2D eigenvalue weighted by Crippen LogP contribution is -2.48. The van der Waals surface area contributed by atoms with E-state index in [4.69, 9.17) is 16.0 Å². The van der Waals surface area contributed by atoms with E-state index in [1.54, 1.807) is 12.1 Å². The van der Waals surface area contributed by atoms with Gasteiger partial charge in [-0.1, -0.05) is 22.8 Å². The zero-order valence-corrected chi connectivity index (χ0v) is 16.8. The molecule has 0 spiro atoms. The van der Waals surface area contributed by atoms with Crippen molar-refractivity contribution in [3.05, 3.63) is 53.2 Å². The van der Waals surface area contributed by atoms with E-state index in [9.17, 15) is 21.6 Å². The predicted molar refractivity (Wildman–Crippen MR) is 102 cm³/mol. The summed E-state index contributed by atoms with van der Waals surface area (Å²) in [6.07, 6.45) is -4.70. The number of alkyl halides is 3. The van der Waals surface area contributed by atoms with E-state index in [0.717, 1.165) is 5.69 Å².